The molecule has 2 amide bonds. The molecule has 0 atom stereocenters. The number of carbonyl (C=O) groups is 3. The first-order valence-corrected chi connectivity index (χ1v) is 7.98. The van der Waals surface area contributed by atoms with Crippen LogP contribution >= 0.6 is 0 Å². The fraction of sp³-hybridized carbons (Fsp3) is 0.211. The van der Waals surface area contributed by atoms with Crippen molar-refractivity contribution in [1.29, 1.82) is 0 Å². The summed E-state index contributed by atoms with van der Waals surface area (Å²) in [7, 11) is 1.52. The van der Waals surface area contributed by atoms with Crippen LogP contribution in [0.3, 0.4) is 0 Å². The first kappa shape index (κ1) is 19.0. The Morgan fingerprint density at radius 1 is 1.19 bits per heavy atom. The first-order valence-electron chi connectivity index (χ1n) is 7.98. The minimum absolute atomic E-state index is 0.235. The van der Waals surface area contributed by atoms with Crippen molar-refractivity contribution in [2.45, 2.75) is 13.5 Å². The molecule has 2 aromatic rings. The molecule has 0 saturated carbocycles. The molecule has 1 N–H and O–H groups in total. The molecule has 1 aromatic heterocycles. The summed E-state index contributed by atoms with van der Waals surface area (Å²) < 4.78 is 10.0. The van der Waals surface area contributed by atoms with Crippen LogP contribution in [0.25, 0.3) is 0 Å². The lowest BCUT2D eigenvalue weighted by Crippen LogP contribution is -2.33. The second kappa shape index (κ2) is 9.22. The number of nitrogens with one attached hydrogen (secondary N) is 1. The van der Waals surface area contributed by atoms with Crippen molar-refractivity contribution < 1.29 is 23.5 Å². The highest BCUT2D eigenvalue weighted by atomic mass is 16.5. The van der Waals surface area contributed by atoms with Crippen LogP contribution in [-0.4, -0.2) is 31.4 Å². The fourth-order valence-corrected chi connectivity index (χ4v) is 2.18. The normalized spacial score (nSPS) is 10.5. The van der Waals surface area contributed by atoms with E-state index < -0.39 is 18.5 Å². The Morgan fingerprint density at radius 3 is 2.65 bits per heavy atom. The average molecular weight is 356 g/mol. The summed E-state index contributed by atoms with van der Waals surface area (Å²) in [4.78, 5) is 37.3. The summed E-state index contributed by atoms with van der Waals surface area (Å²) in [5, 5.41) is 2.74. The summed E-state index contributed by atoms with van der Waals surface area (Å²) in [6.45, 7) is 1.49. The van der Waals surface area contributed by atoms with E-state index in [2.05, 4.69) is 5.32 Å². The Morgan fingerprint density at radius 2 is 1.96 bits per heavy atom. The van der Waals surface area contributed by atoms with Gasteiger partial charge in [0.1, 0.15) is 5.76 Å². The summed E-state index contributed by atoms with van der Waals surface area (Å²) in [5.41, 5.74) is 0.742. The number of benzene rings is 1. The van der Waals surface area contributed by atoms with Gasteiger partial charge in [-0.15, -0.1) is 0 Å². The number of nitrogens with zero attached hydrogens (tertiary/aromatic N) is 1. The van der Waals surface area contributed by atoms with Crippen molar-refractivity contribution in [3.05, 3.63) is 66.1 Å². The third-order valence-corrected chi connectivity index (χ3v) is 3.53. The molecule has 0 aliphatic heterocycles. The molecule has 0 unspecified atom stereocenters. The van der Waals surface area contributed by atoms with E-state index in [-0.39, 0.29) is 12.5 Å². The molecule has 0 saturated heterocycles. The summed E-state index contributed by atoms with van der Waals surface area (Å²) in [6, 6.07) is 10.2. The van der Waals surface area contributed by atoms with Crippen molar-refractivity contribution in [1.82, 2.24) is 5.32 Å². The maximum absolute atomic E-state index is 12.5. The highest BCUT2D eigenvalue weighted by molar-refractivity contribution is 6.05. The van der Waals surface area contributed by atoms with E-state index >= 15 is 0 Å². The predicted octanol–water partition coefficient (Wildman–Crippen LogP) is 2.29. The largest absolute Gasteiger partial charge is 0.467 e. The van der Waals surface area contributed by atoms with Crippen molar-refractivity contribution in [3.8, 4) is 0 Å². The zero-order chi connectivity index (χ0) is 18.9. The highest BCUT2D eigenvalue weighted by Crippen LogP contribution is 2.19. The lowest BCUT2D eigenvalue weighted by atomic mass is 10.1. The third kappa shape index (κ3) is 5.07. The summed E-state index contributed by atoms with van der Waals surface area (Å²) in [6.07, 6.45) is 4.27. The molecule has 2 rings (SSSR count). The molecular weight excluding hydrogens is 336 g/mol. The van der Waals surface area contributed by atoms with Crippen LogP contribution in [0, 0.1) is 0 Å². The Balaban J connectivity index is 2.05. The van der Waals surface area contributed by atoms with E-state index in [1.807, 2.05) is 0 Å². The number of ether oxygens (including phenoxy) is 1. The second-order valence-corrected chi connectivity index (χ2v) is 5.34. The van der Waals surface area contributed by atoms with Gasteiger partial charge in [0, 0.05) is 13.1 Å². The number of anilines is 1. The molecule has 136 valence electrons. The Kier molecular flexibility index (Phi) is 6.73. The average Bonchev–Trinajstić information content (AvgIpc) is 3.17. The second-order valence-electron chi connectivity index (χ2n) is 5.34. The molecule has 7 nitrogen and oxygen atoms in total. The monoisotopic (exact) mass is 356 g/mol. The van der Waals surface area contributed by atoms with E-state index in [0.29, 0.717) is 17.0 Å². The minimum atomic E-state index is -0.598. The maximum atomic E-state index is 12.5. The molecule has 0 radical (unpaired) electrons. The maximum Gasteiger partial charge on any atom is 0.330 e. The number of para-hydroxylation sites is 1. The van der Waals surface area contributed by atoms with E-state index in [9.17, 15) is 14.4 Å². The van der Waals surface area contributed by atoms with E-state index in [4.69, 9.17) is 9.15 Å². The van der Waals surface area contributed by atoms with Crippen LogP contribution < -0.4 is 10.2 Å². The molecule has 7 heteroatoms. The number of allylic oxidation sites excluding steroid dienone is 1. The van der Waals surface area contributed by atoms with Gasteiger partial charge >= 0.3 is 5.97 Å². The number of amides is 2. The van der Waals surface area contributed by atoms with Crippen LogP contribution in [-0.2, 0) is 20.9 Å². The number of likely N-dealkylation sites (N-methyl/N-ethyl adjacent to an activating group) is 1. The lowest BCUT2D eigenvalue weighted by Gasteiger charge is -2.20. The topological polar surface area (TPSA) is 88.9 Å². The van der Waals surface area contributed by atoms with Crippen molar-refractivity contribution in [2.75, 3.05) is 18.6 Å². The van der Waals surface area contributed by atoms with Gasteiger partial charge in [0.2, 0.25) is 0 Å². The number of hydrogen-bond acceptors (Lipinski definition) is 5. The van der Waals surface area contributed by atoms with Gasteiger partial charge in [0.15, 0.2) is 6.61 Å². The van der Waals surface area contributed by atoms with E-state index in [0.717, 1.165) is 0 Å². The number of rotatable bonds is 7. The van der Waals surface area contributed by atoms with E-state index in [1.54, 1.807) is 43.3 Å². The van der Waals surface area contributed by atoms with Crippen molar-refractivity contribution in [3.63, 3.8) is 0 Å². The molecule has 0 aliphatic carbocycles. The minimum Gasteiger partial charge on any atom is -0.467 e. The van der Waals surface area contributed by atoms with Gasteiger partial charge in [-0.2, -0.15) is 0 Å². The molecular formula is C19H20N2O5. The van der Waals surface area contributed by atoms with Crippen LogP contribution in [0.1, 0.15) is 23.0 Å². The van der Waals surface area contributed by atoms with Crippen LogP contribution in [0.2, 0.25) is 0 Å². The molecule has 0 spiro atoms. The quantitative estimate of drug-likeness (QED) is 0.607. The standard InChI is InChI=1S/C19H20N2O5/c1-3-7-18(23)26-13-17(22)21(2)16-10-5-4-9-15(16)19(24)20-12-14-8-6-11-25-14/h3-11H,12-13H2,1-2H3,(H,20,24)/b7-3+. The van der Waals surface area contributed by atoms with Crippen LogP contribution in [0.4, 0.5) is 5.69 Å². The van der Waals surface area contributed by atoms with Gasteiger partial charge in [-0.25, -0.2) is 4.79 Å². The zero-order valence-electron chi connectivity index (χ0n) is 14.6. The smallest absolute Gasteiger partial charge is 0.330 e. The Bertz CT molecular complexity index is 796. The number of furan rings is 1. The molecule has 1 aromatic carbocycles. The lowest BCUT2D eigenvalue weighted by molar-refractivity contribution is -0.142. The molecule has 0 bridgehead atoms. The van der Waals surface area contributed by atoms with Gasteiger partial charge in [0.25, 0.3) is 11.8 Å². The Hall–Kier alpha value is -3.35. The Labute approximate surface area is 151 Å². The SMILES string of the molecule is C/C=C/C(=O)OCC(=O)N(C)c1ccccc1C(=O)NCc1ccco1. The summed E-state index contributed by atoms with van der Waals surface area (Å²) in [5.74, 6) is -0.772. The van der Waals surface area contributed by atoms with Gasteiger partial charge < -0.3 is 19.4 Å². The van der Waals surface area contributed by atoms with Gasteiger partial charge in [-0.05, 0) is 31.2 Å². The first-order chi connectivity index (χ1) is 12.5. The number of esters is 1. The molecule has 26 heavy (non-hydrogen) atoms. The molecule has 1 heterocycles. The number of carbonyl (C=O) groups excluding carboxylic acids is 3. The summed E-state index contributed by atoms with van der Waals surface area (Å²) >= 11 is 0. The van der Waals surface area contributed by atoms with Gasteiger partial charge in [-0.1, -0.05) is 18.2 Å². The van der Waals surface area contributed by atoms with Crippen molar-refractivity contribution >= 4 is 23.5 Å². The zero-order valence-corrected chi connectivity index (χ0v) is 14.6. The molecule has 0 aliphatic rings. The van der Waals surface area contributed by atoms with Crippen LogP contribution in [0.5, 0.6) is 0 Å². The highest BCUT2D eigenvalue weighted by Gasteiger charge is 2.19. The van der Waals surface area contributed by atoms with Gasteiger partial charge in [0.05, 0.1) is 24.1 Å². The predicted molar refractivity (Wildman–Crippen MR) is 95.5 cm³/mol. The molecule has 0 fully saturated rings. The van der Waals surface area contributed by atoms with Gasteiger partial charge in [-0.3, -0.25) is 9.59 Å². The van der Waals surface area contributed by atoms with Crippen molar-refractivity contribution in [2.24, 2.45) is 0 Å². The number of hydrogen-bond donors (Lipinski definition) is 1. The van der Waals surface area contributed by atoms with Crippen LogP contribution in [0.15, 0.2) is 59.2 Å². The van der Waals surface area contributed by atoms with E-state index in [1.165, 1.54) is 30.4 Å². The fourth-order valence-electron chi connectivity index (χ4n) is 2.18. The third-order valence-electron chi connectivity index (χ3n) is 3.53.